The fraction of sp³-hybridized carbons (Fsp3) is 0.348. The van der Waals surface area contributed by atoms with Crippen LogP contribution < -0.4 is 10.2 Å². The minimum atomic E-state index is -1.36. The molecule has 2 amide bonds. The highest BCUT2D eigenvalue weighted by atomic mass is 16.4. The monoisotopic (exact) mass is 394 g/mol. The van der Waals surface area contributed by atoms with E-state index in [1.807, 2.05) is 54.6 Å². The first-order chi connectivity index (χ1) is 13.7. The Morgan fingerprint density at radius 2 is 1.69 bits per heavy atom. The molecule has 3 rings (SSSR count). The van der Waals surface area contributed by atoms with Gasteiger partial charge in [-0.1, -0.05) is 48.5 Å². The van der Waals surface area contributed by atoms with Crippen LogP contribution in [0.25, 0.3) is 0 Å². The van der Waals surface area contributed by atoms with Crippen LogP contribution >= 0.6 is 0 Å². The lowest BCUT2D eigenvalue weighted by atomic mass is 9.73. The van der Waals surface area contributed by atoms with Crippen LogP contribution in [-0.2, 0) is 26.2 Å². The van der Waals surface area contributed by atoms with Crippen LogP contribution in [0.3, 0.4) is 0 Å². The molecule has 0 radical (unpaired) electrons. The summed E-state index contributed by atoms with van der Waals surface area (Å²) >= 11 is 0. The number of carboxylic acids is 1. The molecule has 152 valence electrons. The summed E-state index contributed by atoms with van der Waals surface area (Å²) in [4.78, 5) is 38.9. The van der Waals surface area contributed by atoms with Crippen molar-refractivity contribution in [2.45, 2.75) is 44.1 Å². The van der Waals surface area contributed by atoms with Gasteiger partial charge in [-0.25, -0.2) is 4.79 Å². The maximum Gasteiger partial charge on any atom is 0.328 e. The molecule has 0 fully saturated rings. The number of carbonyl (C=O) groups excluding carboxylic acids is 2. The molecule has 2 aromatic carbocycles. The van der Waals surface area contributed by atoms with Gasteiger partial charge in [-0.15, -0.1) is 0 Å². The molecule has 1 atom stereocenters. The molecule has 1 unspecified atom stereocenters. The third-order valence-corrected chi connectivity index (χ3v) is 5.61. The van der Waals surface area contributed by atoms with E-state index in [4.69, 9.17) is 0 Å². The van der Waals surface area contributed by atoms with E-state index in [1.165, 1.54) is 13.8 Å². The Morgan fingerprint density at radius 3 is 2.34 bits per heavy atom. The molecular formula is C23H26N2O4. The molecule has 6 nitrogen and oxygen atoms in total. The van der Waals surface area contributed by atoms with Crippen molar-refractivity contribution in [2.75, 3.05) is 11.9 Å². The minimum absolute atomic E-state index is 0.0483. The fourth-order valence-electron chi connectivity index (χ4n) is 3.95. The Labute approximate surface area is 170 Å². The van der Waals surface area contributed by atoms with Crippen molar-refractivity contribution in [1.82, 2.24) is 5.32 Å². The summed E-state index contributed by atoms with van der Waals surface area (Å²) in [6.45, 7) is 2.88. The maximum atomic E-state index is 13.4. The zero-order valence-corrected chi connectivity index (χ0v) is 16.9. The number of nitrogens with one attached hydrogen (secondary N) is 1. The lowest BCUT2D eigenvalue weighted by Gasteiger charge is -2.29. The molecule has 1 aliphatic rings. The average molecular weight is 394 g/mol. The number of likely N-dealkylation sites (N-methyl/N-ethyl adjacent to an activating group) is 1. The molecular weight excluding hydrogens is 368 g/mol. The second kappa shape index (κ2) is 7.70. The van der Waals surface area contributed by atoms with Crippen LogP contribution in [-0.4, -0.2) is 35.5 Å². The van der Waals surface area contributed by atoms with E-state index in [9.17, 15) is 19.5 Å². The molecule has 0 spiro atoms. The van der Waals surface area contributed by atoms with Crippen molar-refractivity contribution in [2.24, 2.45) is 0 Å². The molecule has 0 saturated heterocycles. The van der Waals surface area contributed by atoms with Crippen LogP contribution in [0.15, 0.2) is 54.6 Å². The molecule has 2 N–H and O–H groups in total. The molecule has 1 heterocycles. The third-order valence-electron chi connectivity index (χ3n) is 5.61. The number of rotatable bonds is 7. The van der Waals surface area contributed by atoms with Gasteiger partial charge < -0.3 is 15.3 Å². The first-order valence-corrected chi connectivity index (χ1v) is 9.63. The molecule has 0 saturated carbocycles. The second-order valence-corrected chi connectivity index (χ2v) is 8.10. The van der Waals surface area contributed by atoms with Crippen molar-refractivity contribution in [3.8, 4) is 0 Å². The number of anilines is 1. The molecule has 0 aromatic heterocycles. The van der Waals surface area contributed by atoms with E-state index < -0.39 is 16.9 Å². The van der Waals surface area contributed by atoms with Crippen molar-refractivity contribution in [1.29, 1.82) is 0 Å². The fourth-order valence-corrected chi connectivity index (χ4v) is 3.95. The van der Waals surface area contributed by atoms with E-state index in [-0.39, 0.29) is 18.2 Å². The van der Waals surface area contributed by atoms with Gasteiger partial charge in [-0.05, 0) is 43.9 Å². The highest BCUT2D eigenvalue weighted by molar-refractivity contribution is 6.08. The summed E-state index contributed by atoms with van der Waals surface area (Å²) in [5.74, 6) is -1.54. The minimum Gasteiger partial charge on any atom is -0.480 e. The highest BCUT2D eigenvalue weighted by Gasteiger charge is 2.49. The van der Waals surface area contributed by atoms with Crippen LogP contribution in [0.5, 0.6) is 0 Å². The van der Waals surface area contributed by atoms with E-state index in [2.05, 4.69) is 5.32 Å². The van der Waals surface area contributed by atoms with Gasteiger partial charge >= 0.3 is 5.97 Å². The van der Waals surface area contributed by atoms with Gasteiger partial charge in [0.25, 0.3) is 0 Å². The summed E-state index contributed by atoms with van der Waals surface area (Å²) in [5.41, 5.74) is 0.536. The predicted octanol–water partition coefficient (Wildman–Crippen LogP) is 2.90. The van der Waals surface area contributed by atoms with Crippen LogP contribution in [0.4, 0.5) is 5.69 Å². The third kappa shape index (κ3) is 3.88. The number of amides is 2. The summed E-state index contributed by atoms with van der Waals surface area (Å²) in [7, 11) is 1.75. The van der Waals surface area contributed by atoms with Gasteiger partial charge in [0.1, 0.15) is 5.54 Å². The lowest BCUT2D eigenvalue weighted by molar-refractivity contribution is -0.146. The van der Waals surface area contributed by atoms with Crippen molar-refractivity contribution in [3.63, 3.8) is 0 Å². The number of hydrogen-bond acceptors (Lipinski definition) is 3. The average Bonchev–Trinajstić information content (AvgIpc) is 2.89. The van der Waals surface area contributed by atoms with Crippen LogP contribution in [0.2, 0.25) is 0 Å². The first kappa shape index (κ1) is 20.6. The number of aliphatic carboxylic acids is 1. The largest absolute Gasteiger partial charge is 0.480 e. The van der Waals surface area contributed by atoms with Crippen LogP contribution in [0.1, 0.15) is 37.8 Å². The topological polar surface area (TPSA) is 86.7 Å². The van der Waals surface area contributed by atoms with E-state index in [0.29, 0.717) is 12.8 Å². The van der Waals surface area contributed by atoms with Gasteiger partial charge in [0, 0.05) is 19.2 Å². The quantitative estimate of drug-likeness (QED) is 0.756. The smallest absolute Gasteiger partial charge is 0.328 e. The molecule has 6 heteroatoms. The lowest BCUT2D eigenvalue weighted by Crippen LogP contribution is -2.50. The molecule has 29 heavy (non-hydrogen) atoms. The molecule has 2 aromatic rings. The van der Waals surface area contributed by atoms with Crippen molar-refractivity contribution < 1.29 is 19.5 Å². The van der Waals surface area contributed by atoms with Crippen molar-refractivity contribution in [3.05, 3.63) is 65.7 Å². The number of carboxylic acid groups (broad SMARTS) is 1. The normalized spacial score (nSPS) is 18.4. The number of benzene rings is 2. The maximum absolute atomic E-state index is 13.4. The Balaban J connectivity index is 1.92. The number of para-hydroxylation sites is 1. The second-order valence-electron chi connectivity index (χ2n) is 8.10. The standard InChI is InChI=1S/C23H26N2O4/c1-22(2,21(28)29)24-19(26)13-14-23(15-16-9-5-4-6-10-16)17-11-7-8-12-18(17)25(3)20(23)27/h4-12H,13-15H2,1-3H3,(H,24,26)(H,28,29). The number of carbonyl (C=O) groups is 3. The number of nitrogens with zero attached hydrogens (tertiary/aromatic N) is 1. The Hall–Kier alpha value is -3.15. The van der Waals surface area contributed by atoms with Gasteiger partial charge in [0.2, 0.25) is 11.8 Å². The summed E-state index contributed by atoms with van der Waals surface area (Å²) in [6, 6.07) is 17.4. The van der Waals surface area contributed by atoms with Gasteiger partial charge in [-0.3, -0.25) is 9.59 Å². The van der Waals surface area contributed by atoms with Crippen molar-refractivity contribution >= 4 is 23.5 Å². The number of fused-ring (bicyclic) bond motifs is 1. The molecule has 0 bridgehead atoms. The summed E-state index contributed by atoms with van der Waals surface area (Å²) < 4.78 is 0. The first-order valence-electron chi connectivity index (χ1n) is 9.63. The Kier molecular flexibility index (Phi) is 5.46. The van der Waals surface area contributed by atoms with Gasteiger partial charge in [0.05, 0.1) is 5.41 Å². The summed E-state index contributed by atoms with van der Waals surface area (Å²) in [5, 5.41) is 11.8. The number of hydrogen-bond donors (Lipinski definition) is 2. The molecule has 1 aliphatic heterocycles. The van der Waals surface area contributed by atoms with Crippen LogP contribution in [0, 0.1) is 0 Å². The Bertz CT molecular complexity index is 939. The van der Waals surface area contributed by atoms with E-state index in [0.717, 1.165) is 16.8 Å². The van der Waals surface area contributed by atoms with E-state index >= 15 is 0 Å². The summed E-state index contributed by atoms with van der Waals surface area (Å²) in [6.07, 6.45) is 0.824. The van der Waals surface area contributed by atoms with Gasteiger partial charge in [0.15, 0.2) is 0 Å². The van der Waals surface area contributed by atoms with Gasteiger partial charge in [-0.2, -0.15) is 0 Å². The highest BCUT2D eigenvalue weighted by Crippen LogP contribution is 2.46. The SMILES string of the molecule is CN1C(=O)C(CCC(=O)NC(C)(C)C(=O)O)(Cc2ccccc2)c2ccccc21. The molecule has 0 aliphatic carbocycles. The zero-order valence-electron chi connectivity index (χ0n) is 16.9. The predicted molar refractivity (Wildman–Crippen MR) is 111 cm³/mol. The Morgan fingerprint density at radius 1 is 1.07 bits per heavy atom. The zero-order chi connectivity index (χ0) is 21.2. The van der Waals surface area contributed by atoms with E-state index in [1.54, 1.807) is 11.9 Å².